The lowest BCUT2D eigenvalue weighted by Crippen LogP contribution is -2.13. The molecule has 90 valence electrons. The van der Waals surface area contributed by atoms with Crippen LogP contribution in [0.1, 0.15) is 0 Å². The van der Waals surface area contributed by atoms with Gasteiger partial charge in [0.25, 0.3) is 5.69 Å². The van der Waals surface area contributed by atoms with E-state index in [2.05, 4.69) is 16.6 Å². The number of amides is 1. The van der Waals surface area contributed by atoms with Gasteiger partial charge in [-0.15, -0.1) is 0 Å². The monoisotopic (exact) mass is 256 g/mol. The van der Waals surface area contributed by atoms with E-state index in [0.717, 1.165) is 6.07 Å². The van der Waals surface area contributed by atoms with Gasteiger partial charge in [-0.25, -0.2) is 4.79 Å². The molecule has 1 amide bonds. The van der Waals surface area contributed by atoms with Crippen LogP contribution in [-0.2, 0) is 4.74 Å². The van der Waals surface area contributed by atoms with E-state index in [-0.39, 0.29) is 23.0 Å². The molecule has 1 aromatic rings. The van der Waals surface area contributed by atoms with Gasteiger partial charge in [-0.3, -0.25) is 15.4 Å². The molecule has 0 aromatic heterocycles. The molecule has 7 heteroatoms. The molecule has 1 N–H and O–H groups in total. The number of ether oxygens (including phenoxy) is 1. The molecule has 0 unspecified atom stereocenters. The molecule has 0 aliphatic carbocycles. The van der Waals surface area contributed by atoms with Crippen molar-refractivity contribution in [1.82, 2.24) is 0 Å². The maximum atomic E-state index is 11.2. The number of hydrogen-bond acceptors (Lipinski definition) is 4. The van der Waals surface area contributed by atoms with Crippen LogP contribution >= 0.6 is 11.6 Å². The van der Waals surface area contributed by atoms with Crippen molar-refractivity contribution < 1.29 is 14.5 Å². The van der Waals surface area contributed by atoms with Gasteiger partial charge in [0, 0.05) is 12.1 Å². The molecule has 0 radical (unpaired) electrons. The largest absolute Gasteiger partial charge is 0.445 e. The molecule has 0 aliphatic heterocycles. The van der Waals surface area contributed by atoms with Gasteiger partial charge in [0.05, 0.1) is 15.6 Å². The Morgan fingerprint density at radius 3 is 2.88 bits per heavy atom. The standard InChI is InChI=1S/C10H9ClN2O4/c1-2-5-17-10(14)12-9-4-3-7(13(15)16)6-8(9)11/h2-4,6H,1,5H2,(H,12,14). The molecular formula is C10H9ClN2O4. The van der Waals surface area contributed by atoms with E-state index in [1.807, 2.05) is 0 Å². The summed E-state index contributed by atoms with van der Waals surface area (Å²) in [4.78, 5) is 21.0. The minimum absolute atomic E-state index is 0.0646. The normalized spacial score (nSPS) is 9.47. The highest BCUT2D eigenvalue weighted by atomic mass is 35.5. The fourth-order valence-corrected chi connectivity index (χ4v) is 1.22. The number of carbonyl (C=O) groups is 1. The van der Waals surface area contributed by atoms with Gasteiger partial charge in [-0.1, -0.05) is 24.3 Å². The molecule has 0 saturated carbocycles. The zero-order valence-corrected chi connectivity index (χ0v) is 9.44. The minimum atomic E-state index is -0.708. The maximum Gasteiger partial charge on any atom is 0.411 e. The molecule has 0 spiro atoms. The summed E-state index contributed by atoms with van der Waals surface area (Å²) in [6, 6.07) is 3.70. The van der Waals surface area contributed by atoms with E-state index < -0.39 is 11.0 Å². The van der Waals surface area contributed by atoms with E-state index in [0.29, 0.717) is 0 Å². The van der Waals surface area contributed by atoms with Gasteiger partial charge >= 0.3 is 6.09 Å². The number of anilines is 1. The molecule has 1 aromatic carbocycles. The highest BCUT2D eigenvalue weighted by molar-refractivity contribution is 6.33. The third-order valence-corrected chi connectivity index (χ3v) is 2.05. The van der Waals surface area contributed by atoms with E-state index in [4.69, 9.17) is 11.6 Å². The number of hydrogen-bond donors (Lipinski definition) is 1. The third-order valence-electron chi connectivity index (χ3n) is 1.73. The molecule has 0 aliphatic rings. The second-order valence-corrected chi connectivity index (χ2v) is 3.34. The van der Waals surface area contributed by atoms with Crippen molar-refractivity contribution in [3.05, 3.63) is 46.0 Å². The SMILES string of the molecule is C=CCOC(=O)Nc1ccc([N+](=O)[O-])cc1Cl. The number of rotatable bonds is 4. The predicted molar refractivity (Wildman–Crippen MR) is 63.3 cm³/mol. The van der Waals surface area contributed by atoms with E-state index in [9.17, 15) is 14.9 Å². The van der Waals surface area contributed by atoms with Gasteiger partial charge in [-0.05, 0) is 6.07 Å². The molecule has 0 bridgehead atoms. The summed E-state index contributed by atoms with van der Waals surface area (Å²) >= 11 is 5.76. The number of nitrogens with one attached hydrogen (secondary N) is 1. The maximum absolute atomic E-state index is 11.2. The van der Waals surface area contributed by atoms with E-state index in [1.165, 1.54) is 18.2 Å². The zero-order valence-electron chi connectivity index (χ0n) is 8.68. The van der Waals surface area contributed by atoms with Crippen LogP contribution in [-0.4, -0.2) is 17.6 Å². The van der Waals surface area contributed by atoms with E-state index in [1.54, 1.807) is 0 Å². The van der Waals surface area contributed by atoms with Crippen LogP contribution in [0.4, 0.5) is 16.2 Å². The van der Waals surface area contributed by atoms with E-state index >= 15 is 0 Å². The second kappa shape index (κ2) is 5.86. The summed E-state index contributed by atoms with van der Waals surface area (Å²) < 4.78 is 4.67. The predicted octanol–water partition coefficient (Wildman–Crippen LogP) is 2.98. The summed E-state index contributed by atoms with van der Waals surface area (Å²) in [5, 5.41) is 12.9. The first-order chi connectivity index (χ1) is 8.04. The fraction of sp³-hybridized carbons (Fsp3) is 0.100. The molecular weight excluding hydrogens is 248 g/mol. The van der Waals surface area contributed by atoms with Crippen LogP contribution in [0.25, 0.3) is 0 Å². The van der Waals surface area contributed by atoms with Crippen molar-refractivity contribution in [1.29, 1.82) is 0 Å². The topological polar surface area (TPSA) is 81.5 Å². The molecule has 6 nitrogen and oxygen atoms in total. The number of nitrogens with zero attached hydrogens (tertiary/aromatic N) is 1. The number of benzene rings is 1. The van der Waals surface area contributed by atoms with Gasteiger partial charge in [0.2, 0.25) is 0 Å². The number of halogens is 1. The Balaban J connectivity index is 2.75. The summed E-state index contributed by atoms with van der Waals surface area (Å²) in [7, 11) is 0. The Labute approximate surface area is 102 Å². The molecule has 0 heterocycles. The Kier molecular flexibility index (Phi) is 4.47. The summed E-state index contributed by atoms with van der Waals surface area (Å²) in [5.74, 6) is 0. The van der Waals surface area contributed by atoms with Crippen molar-refractivity contribution in [3.63, 3.8) is 0 Å². The van der Waals surface area contributed by atoms with Crippen LogP contribution in [0.3, 0.4) is 0 Å². The average molecular weight is 257 g/mol. The smallest absolute Gasteiger partial charge is 0.411 e. The minimum Gasteiger partial charge on any atom is -0.445 e. The van der Waals surface area contributed by atoms with Crippen molar-refractivity contribution in [2.45, 2.75) is 0 Å². The Hall–Kier alpha value is -2.08. The van der Waals surface area contributed by atoms with Crippen molar-refractivity contribution in [2.24, 2.45) is 0 Å². The fourth-order valence-electron chi connectivity index (χ4n) is 1.000. The lowest BCUT2D eigenvalue weighted by atomic mass is 10.3. The van der Waals surface area contributed by atoms with Gasteiger partial charge < -0.3 is 4.74 Å². The summed E-state index contributed by atoms with van der Waals surface area (Å²) in [6.45, 7) is 3.45. The summed E-state index contributed by atoms with van der Waals surface area (Å²) in [6.07, 6.45) is 0.706. The molecule has 0 saturated heterocycles. The molecule has 17 heavy (non-hydrogen) atoms. The van der Waals surface area contributed by atoms with Gasteiger partial charge in [-0.2, -0.15) is 0 Å². The number of non-ortho nitro benzene ring substituents is 1. The van der Waals surface area contributed by atoms with Crippen LogP contribution in [0.2, 0.25) is 5.02 Å². The number of nitro benzene ring substituents is 1. The van der Waals surface area contributed by atoms with Gasteiger partial charge in [0.1, 0.15) is 6.61 Å². The first-order valence-electron chi connectivity index (χ1n) is 4.53. The highest BCUT2D eigenvalue weighted by Gasteiger charge is 2.11. The van der Waals surface area contributed by atoms with Crippen LogP contribution in [0, 0.1) is 10.1 Å². The third kappa shape index (κ3) is 3.76. The van der Waals surface area contributed by atoms with Crippen molar-refractivity contribution in [3.8, 4) is 0 Å². The Bertz CT molecular complexity index is 462. The Morgan fingerprint density at radius 2 is 2.35 bits per heavy atom. The lowest BCUT2D eigenvalue weighted by molar-refractivity contribution is -0.384. The lowest BCUT2D eigenvalue weighted by Gasteiger charge is -2.06. The van der Waals surface area contributed by atoms with Crippen molar-refractivity contribution in [2.75, 3.05) is 11.9 Å². The first kappa shape index (κ1) is 13.0. The zero-order chi connectivity index (χ0) is 12.8. The van der Waals surface area contributed by atoms with Crippen LogP contribution in [0.15, 0.2) is 30.9 Å². The average Bonchev–Trinajstić information content (AvgIpc) is 2.28. The number of nitro groups is 1. The second-order valence-electron chi connectivity index (χ2n) is 2.93. The first-order valence-corrected chi connectivity index (χ1v) is 4.91. The van der Waals surface area contributed by atoms with Crippen LogP contribution < -0.4 is 5.32 Å². The van der Waals surface area contributed by atoms with Crippen molar-refractivity contribution >= 4 is 29.1 Å². The van der Waals surface area contributed by atoms with Crippen LogP contribution in [0.5, 0.6) is 0 Å². The quantitative estimate of drug-likeness (QED) is 0.510. The highest BCUT2D eigenvalue weighted by Crippen LogP contribution is 2.26. The Morgan fingerprint density at radius 1 is 1.65 bits per heavy atom. The molecule has 0 fully saturated rings. The molecule has 1 rings (SSSR count). The number of carbonyl (C=O) groups excluding carboxylic acids is 1. The van der Waals surface area contributed by atoms with Gasteiger partial charge in [0.15, 0.2) is 0 Å². The molecule has 0 atom stereocenters. The summed E-state index contributed by atoms with van der Waals surface area (Å²) in [5.41, 5.74) is 0.0892.